The Morgan fingerprint density at radius 1 is 1.32 bits per heavy atom. The van der Waals surface area contributed by atoms with Crippen molar-refractivity contribution in [3.8, 4) is 0 Å². The molecule has 2 N–H and O–H groups in total. The Morgan fingerprint density at radius 3 is 2.56 bits per heavy atom. The topological polar surface area (TPSA) is 52.6 Å². The van der Waals surface area contributed by atoms with Crippen molar-refractivity contribution in [2.75, 3.05) is 14.1 Å². The standard InChI is InChI=1S/C19H33N5S/c1-19(2,3)16-12-25-17(23-16)11-21-18(20-4)22-13-9-14-7-6-8-15(10-13)24(14)5/h12-15H,6-11H2,1-5H3,(H2,20,21,22). The van der Waals surface area contributed by atoms with Crippen LogP contribution in [-0.4, -0.2) is 48.1 Å². The lowest BCUT2D eigenvalue weighted by molar-refractivity contribution is 0.0526. The van der Waals surface area contributed by atoms with Crippen molar-refractivity contribution in [2.24, 2.45) is 4.99 Å². The highest BCUT2D eigenvalue weighted by Gasteiger charge is 2.36. The number of piperidine rings is 2. The molecule has 6 heteroatoms. The van der Waals surface area contributed by atoms with Gasteiger partial charge < -0.3 is 15.5 Å². The number of nitrogens with one attached hydrogen (secondary N) is 2. The minimum absolute atomic E-state index is 0.112. The van der Waals surface area contributed by atoms with Crippen LogP contribution in [0.3, 0.4) is 0 Å². The Morgan fingerprint density at radius 2 is 2.00 bits per heavy atom. The molecule has 2 bridgehead atoms. The lowest BCUT2D eigenvalue weighted by Gasteiger charge is -2.47. The van der Waals surface area contributed by atoms with Crippen LogP contribution >= 0.6 is 11.3 Å². The predicted octanol–water partition coefficient (Wildman–Crippen LogP) is 3.12. The highest BCUT2D eigenvalue weighted by Crippen LogP contribution is 2.32. The third kappa shape index (κ3) is 4.53. The average molecular weight is 364 g/mol. The molecule has 3 heterocycles. The number of thiazole rings is 1. The lowest BCUT2D eigenvalue weighted by atomic mass is 9.82. The molecule has 5 nitrogen and oxygen atoms in total. The van der Waals surface area contributed by atoms with Crippen molar-refractivity contribution in [1.29, 1.82) is 0 Å². The van der Waals surface area contributed by atoms with Crippen molar-refractivity contribution in [1.82, 2.24) is 20.5 Å². The molecular weight excluding hydrogens is 330 g/mol. The van der Waals surface area contributed by atoms with E-state index in [0.717, 1.165) is 29.6 Å². The first kappa shape index (κ1) is 18.6. The van der Waals surface area contributed by atoms with Crippen LogP contribution in [0, 0.1) is 0 Å². The summed E-state index contributed by atoms with van der Waals surface area (Å²) in [5, 5.41) is 10.4. The summed E-state index contributed by atoms with van der Waals surface area (Å²) in [7, 11) is 4.15. The van der Waals surface area contributed by atoms with Gasteiger partial charge in [0.05, 0.1) is 12.2 Å². The second kappa shape index (κ2) is 7.62. The summed E-state index contributed by atoms with van der Waals surface area (Å²) in [5.74, 6) is 0.903. The summed E-state index contributed by atoms with van der Waals surface area (Å²) >= 11 is 1.73. The van der Waals surface area contributed by atoms with E-state index in [2.05, 4.69) is 53.7 Å². The van der Waals surface area contributed by atoms with Crippen LogP contribution in [0.2, 0.25) is 0 Å². The van der Waals surface area contributed by atoms with Crippen molar-refractivity contribution >= 4 is 17.3 Å². The summed E-state index contributed by atoms with van der Waals surface area (Å²) in [5.41, 5.74) is 1.28. The second-order valence-corrected chi connectivity index (χ2v) is 9.46. The predicted molar refractivity (Wildman–Crippen MR) is 106 cm³/mol. The molecule has 0 spiro atoms. The number of fused-ring (bicyclic) bond motifs is 2. The van der Waals surface area contributed by atoms with E-state index in [0.29, 0.717) is 6.04 Å². The molecule has 2 saturated heterocycles. The van der Waals surface area contributed by atoms with Crippen LogP contribution in [0.15, 0.2) is 10.4 Å². The molecular formula is C19H33N5S. The fourth-order valence-electron chi connectivity index (χ4n) is 4.02. The van der Waals surface area contributed by atoms with Gasteiger partial charge in [0.1, 0.15) is 5.01 Å². The highest BCUT2D eigenvalue weighted by atomic mass is 32.1. The Balaban J connectivity index is 1.53. The van der Waals surface area contributed by atoms with Gasteiger partial charge in [0.15, 0.2) is 5.96 Å². The van der Waals surface area contributed by atoms with Crippen LogP contribution < -0.4 is 10.6 Å². The number of nitrogens with zero attached hydrogens (tertiary/aromatic N) is 3. The first-order chi connectivity index (χ1) is 11.9. The maximum Gasteiger partial charge on any atom is 0.191 e. The quantitative estimate of drug-likeness (QED) is 0.640. The van der Waals surface area contributed by atoms with Gasteiger partial charge in [0, 0.05) is 36.0 Å². The molecule has 2 fully saturated rings. The number of hydrogen-bond acceptors (Lipinski definition) is 4. The zero-order valence-corrected chi connectivity index (χ0v) is 17.1. The molecule has 0 aromatic carbocycles. The minimum Gasteiger partial charge on any atom is -0.354 e. The molecule has 3 rings (SSSR count). The zero-order valence-electron chi connectivity index (χ0n) is 16.3. The smallest absolute Gasteiger partial charge is 0.191 e. The van der Waals surface area contributed by atoms with E-state index >= 15 is 0 Å². The summed E-state index contributed by atoms with van der Waals surface area (Å²) in [4.78, 5) is 11.8. The van der Waals surface area contributed by atoms with Crippen LogP contribution in [0.5, 0.6) is 0 Å². The van der Waals surface area contributed by atoms with Gasteiger partial charge in [-0.15, -0.1) is 11.3 Å². The summed E-state index contributed by atoms with van der Waals surface area (Å²) in [6, 6.07) is 1.99. The minimum atomic E-state index is 0.112. The van der Waals surface area contributed by atoms with Gasteiger partial charge in [0.25, 0.3) is 0 Å². The molecule has 2 aliphatic rings. The molecule has 2 unspecified atom stereocenters. The van der Waals surface area contributed by atoms with Crippen molar-refractivity contribution in [3.05, 3.63) is 16.1 Å². The Labute approximate surface area is 156 Å². The van der Waals surface area contributed by atoms with Crippen molar-refractivity contribution in [2.45, 2.75) is 83.0 Å². The van der Waals surface area contributed by atoms with E-state index in [1.165, 1.54) is 37.8 Å². The van der Waals surface area contributed by atoms with E-state index in [-0.39, 0.29) is 5.41 Å². The van der Waals surface area contributed by atoms with E-state index in [1.54, 1.807) is 11.3 Å². The summed E-state index contributed by atoms with van der Waals surface area (Å²) in [6.07, 6.45) is 6.51. The molecule has 140 valence electrons. The first-order valence-electron chi connectivity index (χ1n) is 9.51. The van der Waals surface area contributed by atoms with E-state index < -0.39 is 0 Å². The van der Waals surface area contributed by atoms with Gasteiger partial charge in [0.2, 0.25) is 0 Å². The number of aromatic nitrogens is 1. The molecule has 0 radical (unpaired) electrons. The maximum atomic E-state index is 4.76. The van der Waals surface area contributed by atoms with Crippen LogP contribution in [0.1, 0.15) is 63.6 Å². The lowest BCUT2D eigenvalue weighted by Crippen LogP contribution is -2.56. The van der Waals surface area contributed by atoms with Gasteiger partial charge in [-0.05, 0) is 32.7 Å². The fourth-order valence-corrected chi connectivity index (χ4v) is 4.98. The Kier molecular flexibility index (Phi) is 5.68. The van der Waals surface area contributed by atoms with Gasteiger partial charge >= 0.3 is 0 Å². The zero-order chi connectivity index (χ0) is 18.0. The van der Waals surface area contributed by atoms with Gasteiger partial charge in [-0.2, -0.15) is 0 Å². The normalized spacial score (nSPS) is 28.0. The Bertz CT molecular complexity index is 589. The molecule has 2 atom stereocenters. The average Bonchev–Trinajstić information content (AvgIpc) is 3.01. The van der Waals surface area contributed by atoms with Gasteiger partial charge in [-0.1, -0.05) is 27.2 Å². The molecule has 1 aromatic rings. The summed E-state index contributed by atoms with van der Waals surface area (Å²) in [6.45, 7) is 7.35. The molecule has 2 aliphatic heterocycles. The third-order valence-corrected chi connectivity index (χ3v) is 6.48. The summed E-state index contributed by atoms with van der Waals surface area (Å²) < 4.78 is 0. The molecule has 25 heavy (non-hydrogen) atoms. The fraction of sp³-hybridized carbons (Fsp3) is 0.789. The van der Waals surface area contributed by atoms with Crippen LogP contribution in [-0.2, 0) is 12.0 Å². The van der Waals surface area contributed by atoms with Gasteiger partial charge in [-0.25, -0.2) is 4.98 Å². The molecule has 0 saturated carbocycles. The molecule has 0 amide bonds. The van der Waals surface area contributed by atoms with E-state index in [9.17, 15) is 0 Å². The maximum absolute atomic E-state index is 4.76. The second-order valence-electron chi connectivity index (χ2n) is 8.52. The van der Waals surface area contributed by atoms with Crippen LogP contribution in [0.25, 0.3) is 0 Å². The monoisotopic (exact) mass is 363 g/mol. The molecule has 0 aliphatic carbocycles. The largest absolute Gasteiger partial charge is 0.354 e. The van der Waals surface area contributed by atoms with Crippen molar-refractivity contribution in [3.63, 3.8) is 0 Å². The first-order valence-corrected chi connectivity index (χ1v) is 10.4. The SMILES string of the molecule is CN=C(NCc1nc(C(C)(C)C)cs1)NC1CC2CCCC(C1)N2C. The van der Waals surface area contributed by atoms with Crippen molar-refractivity contribution < 1.29 is 0 Å². The third-order valence-electron chi connectivity index (χ3n) is 5.63. The van der Waals surface area contributed by atoms with E-state index in [1.807, 2.05) is 7.05 Å². The van der Waals surface area contributed by atoms with Crippen LogP contribution in [0.4, 0.5) is 0 Å². The highest BCUT2D eigenvalue weighted by molar-refractivity contribution is 7.09. The van der Waals surface area contributed by atoms with E-state index in [4.69, 9.17) is 4.98 Å². The van der Waals surface area contributed by atoms with Gasteiger partial charge in [-0.3, -0.25) is 4.99 Å². The number of rotatable bonds is 3. The Hall–Kier alpha value is -1.14. The number of hydrogen-bond donors (Lipinski definition) is 2. The number of guanidine groups is 1. The molecule has 1 aromatic heterocycles. The number of aliphatic imine (C=N–C) groups is 1.